The fourth-order valence-corrected chi connectivity index (χ4v) is 1.96. The quantitative estimate of drug-likeness (QED) is 0.791. The average Bonchev–Trinajstić information content (AvgIpc) is 2.22. The van der Waals surface area contributed by atoms with Crippen LogP contribution in [-0.2, 0) is 0 Å². The zero-order chi connectivity index (χ0) is 11.3. The highest BCUT2D eigenvalue weighted by molar-refractivity contribution is 9.10. The molecule has 1 rings (SSSR count). The van der Waals surface area contributed by atoms with Crippen molar-refractivity contribution >= 4 is 28.3 Å². The van der Waals surface area contributed by atoms with Gasteiger partial charge in [0.05, 0.1) is 4.47 Å². The second-order valence-electron chi connectivity index (χ2n) is 3.75. The lowest BCUT2D eigenvalue weighted by Gasteiger charge is -2.13. The van der Waals surface area contributed by atoms with E-state index >= 15 is 0 Å². The summed E-state index contributed by atoms with van der Waals surface area (Å²) in [6.07, 6.45) is 4.22. The van der Waals surface area contributed by atoms with Crippen LogP contribution in [0.1, 0.15) is 44.2 Å². The van der Waals surface area contributed by atoms with Crippen molar-refractivity contribution in [3.63, 3.8) is 0 Å². The maximum absolute atomic E-state index is 13.6. The second kappa shape index (κ2) is 8.04. The van der Waals surface area contributed by atoms with Crippen molar-refractivity contribution in [2.75, 3.05) is 0 Å². The summed E-state index contributed by atoms with van der Waals surface area (Å²) >= 11 is 3.17. The number of halogens is 3. The molecule has 0 amide bonds. The van der Waals surface area contributed by atoms with Gasteiger partial charge in [0.1, 0.15) is 5.82 Å². The third-order valence-electron chi connectivity index (χ3n) is 2.50. The van der Waals surface area contributed by atoms with Gasteiger partial charge in [-0.1, -0.05) is 38.3 Å². The van der Waals surface area contributed by atoms with Crippen LogP contribution in [0.5, 0.6) is 0 Å². The van der Waals surface area contributed by atoms with Crippen molar-refractivity contribution < 1.29 is 4.39 Å². The topological polar surface area (TPSA) is 26.0 Å². The first-order chi connectivity index (χ1) is 7.16. The fourth-order valence-electron chi connectivity index (χ4n) is 1.58. The number of rotatable bonds is 5. The number of hydrogen-bond acceptors (Lipinski definition) is 1. The van der Waals surface area contributed by atoms with E-state index in [4.69, 9.17) is 5.73 Å². The van der Waals surface area contributed by atoms with Gasteiger partial charge in [-0.15, -0.1) is 12.4 Å². The van der Waals surface area contributed by atoms with Gasteiger partial charge in [0.2, 0.25) is 0 Å². The SMILES string of the molecule is CCCCC[C@@H](N)c1cccc(Br)c1F.Cl. The number of hydrogen-bond donors (Lipinski definition) is 1. The van der Waals surface area contributed by atoms with Crippen molar-refractivity contribution in [1.82, 2.24) is 0 Å². The molecule has 2 N–H and O–H groups in total. The van der Waals surface area contributed by atoms with E-state index in [-0.39, 0.29) is 24.3 Å². The standard InChI is InChI=1S/C12H17BrFN.ClH/c1-2-3-4-8-11(15)9-6-5-7-10(13)12(9)14;/h5-7,11H,2-4,8,15H2,1H3;1H/t11-;/m1./s1. The van der Waals surface area contributed by atoms with Gasteiger partial charge in [0, 0.05) is 11.6 Å². The summed E-state index contributed by atoms with van der Waals surface area (Å²) < 4.78 is 14.1. The summed E-state index contributed by atoms with van der Waals surface area (Å²) in [6.45, 7) is 2.14. The van der Waals surface area contributed by atoms with Crippen LogP contribution in [0.15, 0.2) is 22.7 Å². The lowest BCUT2D eigenvalue weighted by molar-refractivity contribution is 0.536. The molecule has 0 fully saturated rings. The van der Waals surface area contributed by atoms with E-state index in [2.05, 4.69) is 22.9 Å². The molecular weight excluding hydrogens is 292 g/mol. The van der Waals surface area contributed by atoms with E-state index < -0.39 is 0 Å². The van der Waals surface area contributed by atoms with E-state index in [0.29, 0.717) is 10.0 Å². The second-order valence-corrected chi connectivity index (χ2v) is 4.60. The highest BCUT2D eigenvalue weighted by Crippen LogP contribution is 2.25. The van der Waals surface area contributed by atoms with Crippen molar-refractivity contribution in [3.8, 4) is 0 Å². The fraction of sp³-hybridized carbons (Fsp3) is 0.500. The van der Waals surface area contributed by atoms with Gasteiger partial charge in [0.15, 0.2) is 0 Å². The summed E-state index contributed by atoms with van der Waals surface area (Å²) in [7, 11) is 0. The minimum Gasteiger partial charge on any atom is -0.324 e. The molecule has 1 aromatic rings. The Hall–Kier alpha value is -0.120. The van der Waals surface area contributed by atoms with Gasteiger partial charge >= 0.3 is 0 Å². The Labute approximate surface area is 111 Å². The molecular formula is C12H18BrClFN. The molecule has 0 saturated carbocycles. The Kier molecular flexibility index (Phi) is 7.98. The summed E-state index contributed by atoms with van der Waals surface area (Å²) in [6, 6.07) is 5.09. The molecule has 0 radical (unpaired) electrons. The largest absolute Gasteiger partial charge is 0.324 e. The third-order valence-corrected chi connectivity index (χ3v) is 3.11. The Morgan fingerprint density at radius 1 is 1.38 bits per heavy atom. The van der Waals surface area contributed by atoms with Crippen LogP contribution in [0.25, 0.3) is 0 Å². The maximum atomic E-state index is 13.6. The predicted octanol–water partition coefficient (Wildman–Crippen LogP) is 4.59. The zero-order valence-corrected chi connectivity index (χ0v) is 11.8. The minimum absolute atomic E-state index is 0. The van der Waals surface area contributed by atoms with Crippen molar-refractivity contribution in [3.05, 3.63) is 34.1 Å². The van der Waals surface area contributed by atoms with Crippen LogP contribution in [0, 0.1) is 5.82 Å². The Balaban J connectivity index is 0.00000225. The molecule has 0 bridgehead atoms. The molecule has 1 nitrogen and oxygen atoms in total. The molecule has 16 heavy (non-hydrogen) atoms. The van der Waals surface area contributed by atoms with Gasteiger partial charge < -0.3 is 5.73 Å². The number of unbranched alkanes of at least 4 members (excludes halogenated alkanes) is 2. The summed E-state index contributed by atoms with van der Waals surface area (Å²) in [4.78, 5) is 0. The van der Waals surface area contributed by atoms with Gasteiger partial charge in [-0.05, 0) is 28.4 Å². The molecule has 0 aliphatic carbocycles. The third kappa shape index (κ3) is 4.40. The first kappa shape index (κ1) is 15.9. The van der Waals surface area contributed by atoms with Crippen LogP contribution in [0.4, 0.5) is 4.39 Å². The maximum Gasteiger partial charge on any atom is 0.142 e. The molecule has 1 aromatic carbocycles. The molecule has 0 unspecified atom stereocenters. The highest BCUT2D eigenvalue weighted by Gasteiger charge is 2.12. The van der Waals surface area contributed by atoms with E-state index in [1.54, 1.807) is 12.1 Å². The summed E-state index contributed by atoms with van der Waals surface area (Å²) in [5.41, 5.74) is 6.56. The van der Waals surface area contributed by atoms with Gasteiger partial charge in [-0.2, -0.15) is 0 Å². The molecule has 0 saturated heterocycles. The lowest BCUT2D eigenvalue weighted by Crippen LogP contribution is -2.12. The Morgan fingerprint density at radius 3 is 2.69 bits per heavy atom. The normalized spacial score (nSPS) is 12.0. The van der Waals surface area contributed by atoms with E-state index in [9.17, 15) is 4.39 Å². The Morgan fingerprint density at radius 2 is 2.06 bits per heavy atom. The van der Waals surface area contributed by atoms with Gasteiger partial charge in [0.25, 0.3) is 0 Å². The Bertz CT molecular complexity index is 320. The van der Waals surface area contributed by atoms with Gasteiger partial charge in [-0.25, -0.2) is 4.39 Å². The number of benzene rings is 1. The van der Waals surface area contributed by atoms with Gasteiger partial charge in [-0.3, -0.25) is 0 Å². The lowest BCUT2D eigenvalue weighted by atomic mass is 10.0. The van der Waals surface area contributed by atoms with Crippen molar-refractivity contribution in [2.24, 2.45) is 5.73 Å². The molecule has 4 heteroatoms. The molecule has 92 valence electrons. The van der Waals surface area contributed by atoms with Crippen LogP contribution >= 0.6 is 28.3 Å². The highest BCUT2D eigenvalue weighted by atomic mass is 79.9. The summed E-state index contributed by atoms with van der Waals surface area (Å²) in [5, 5.41) is 0. The van der Waals surface area contributed by atoms with E-state index in [1.807, 2.05) is 6.07 Å². The molecule has 0 spiro atoms. The summed E-state index contributed by atoms with van der Waals surface area (Å²) in [5.74, 6) is -0.221. The molecule has 0 aromatic heterocycles. The minimum atomic E-state index is -0.221. The van der Waals surface area contributed by atoms with Crippen LogP contribution in [0.2, 0.25) is 0 Å². The molecule has 1 atom stereocenters. The van der Waals surface area contributed by atoms with Crippen LogP contribution < -0.4 is 5.73 Å². The van der Waals surface area contributed by atoms with E-state index in [0.717, 1.165) is 25.7 Å². The predicted molar refractivity (Wildman–Crippen MR) is 72.4 cm³/mol. The van der Waals surface area contributed by atoms with E-state index in [1.165, 1.54) is 0 Å². The van der Waals surface area contributed by atoms with Crippen LogP contribution in [0.3, 0.4) is 0 Å². The smallest absolute Gasteiger partial charge is 0.142 e. The monoisotopic (exact) mass is 309 g/mol. The first-order valence-electron chi connectivity index (χ1n) is 5.36. The molecule has 0 aliphatic heterocycles. The van der Waals surface area contributed by atoms with Crippen molar-refractivity contribution in [1.29, 1.82) is 0 Å². The molecule has 0 heterocycles. The van der Waals surface area contributed by atoms with Crippen molar-refractivity contribution in [2.45, 2.75) is 38.6 Å². The average molecular weight is 311 g/mol. The zero-order valence-electron chi connectivity index (χ0n) is 9.38. The number of nitrogens with two attached hydrogens (primary N) is 1. The first-order valence-corrected chi connectivity index (χ1v) is 6.15. The molecule has 0 aliphatic rings. The van der Waals surface area contributed by atoms with Crippen LogP contribution in [-0.4, -0.2) is 0 Å².